The van der Waals surface area contributed by atoms with Crippen molar-refractivity contribution in [1.29, 1.82) is 0 Å². The van der Waals surface area contributed by atoms with E-state index < -0.39 is 48.0 Å². The monoisotopic (exact) mass is 427 g/mol. The molecule has 2 aliphatic rings. The first-order valence-corrected chi connectivity index (χ1v) is 9.66. The Hall–Kier alpha value is -3.69. The van der Waals surface area contributed by atoms with E-state index in [-0.39, 0.29) is 5.69 Å². The fourth-order valence-corrected chi connectivity index (χ4v) is 3.54. The largest absolute Gasteiger partial charge is 0.322 e. The second-order valence-corrected chi connectivity index (χ2v) is 7.62. The molecular weight excluding hydrogens is 408 g/mol. The highest BCUT2D eigenvalue weighted by Crippen LogP contribution is 2.32. The highest BCUT2D eigenvalue weighted by atomic mass is 19.1. The third-order valence-corrected chi connectivity index (χ3v) is 5.19. The second-order valence-electron chi connectivity index (χ2n) is 7.62. The predicted molar refractivity (Wildman–Crippen MR) is 107 cm³/mol. The van der Waals surface area contributed by atoms with Crippen molar-refractivity contribution in [3.8, 4) is 0 Å². The molecule has 0 aromatic heterocycles. The number of nitrogens with zero attached hydrogens (tertiary/aromatic N) is 4. The topological polar surface area (TPSA) is 94.4 Å². The van der Waals surface area contributed by atoms with E-state index in [9.17, 15) is 23.2 Å². The van der Waals surface area contributed by atoms with Crippen molar-refractivity contribution in [3.63, 3.8) is 0 Å². The fourth-order valence-electron chi connectivity index (χ4n) is 3.54. The van der Waals surface area contributed by atoms with E-state index in [1.54, 1.807) is 12.1 Å². The zero-order valence-electron chi connectivity index (χ0n) is 16.8. The Bertz CT molecular complexity index is 1090. The number of benzene rings is 2. The molecule has 8 nitrogen and oxygen atoms in total. The molecule has 2 atom stereocenters. The zero-order valence-corrected chi connectivity index (χ0v) is 16.8. The van der Waals surface area contributed by atoms with Crippen LogP contribution in [0.1, 0.15) is 25.3 Å². The summed E-state index contributed by atoms with van der Waals surface area (Å²) in [6, 6.07) is 7.71. The molecule has 1 saturated heterocycles. The molecule has 4 rings (SSSR count). The van der Waals surface area contributed by atoms with Gasteiger partial charge in [0.15, 0.2) is 12.1 Å². The zero-order chi connectivity index (χ0) is 22.3. The molecule has 0 spiro atoms. The molecule has 10 heteroatoms. The first-order chi connectivity index (χ1) is 14.8. The number of hydrogen-bond acceptors (Lipinski definition) is 6. The summed E-state index contributed by atoms with van der Waals surface area (Å²) in [5, 5.41) is 11.0. The summed E-state index contributed by atoms with van der Waals surface area (Å²) in [7, 11) is 0. The summed E-state index contributed by atoms with van der Waals surface area (Å²) in [4.78, 5) is 39.1. The van der Waals surface area contributed by atoms with Crippen molar-refractivity contribution >= 4 is 29.1 Å². The highest BCUT2D eigenvalue weighted by Gasteiger charge is 2.55. The first-order valence-electron chi connectivity index (χ1n) is 9.66. The maximum atomic E-state index is 13.8. The molecule has 2 aliphatic heterocycles. The van der Waals surface area contributed by atoms with Gasteiger partial charge in [0.2, 0.25) is 5.91 Å². The Labute approximate surface area is 176 Å². The minimum Gasteiger partial charge on any atom is -0.322 e. The van der Waals surface area contributed by atoms with Crippen LogP contribution in [-0.4, -0.2) is 41.4 Å². The molecule has 1 N–H and O–H groups in total. The molecule has 0 saturated carbocycles. The summed E-state index contributed by atoms with van der Waals surface area (Å²) in [6.07, 6.45) is 0. The van der Waals surface area contributed by atoms with Crippen molar-refractivity contribution in [1.82, 2.24) is 5.01 Å². The number of fused-ring (bicyclic) bond motifs is 1. The molecule has 3 amide bonds. The third kappa shape index (κ3) is 3.76. The van der Waals surface area contributed by atoms with Crippen molar-refractivity contribution in [2.24, 2.45) is 10.3 Å². The molecular formula is C21H19F2N5O3. The number of halogens is 2. The molecule has 2 aromatic carbocycles. The summed E-state index contributed by atoms with van der Waals surface area (Å²) in [5.41, 5.74) is 1.27. The number of anilines is 2. The van der Waals surface area contributed by atoms with Crippen LogP contribution in [0, 0.1) is 11.6 Å². The lowest BCUT2D eigenvalue weighted by Crippen LogP contribution is -2.43. The van der Waals surface area contributed by atoms with E-state index in [1.165, 1.54) is 0 Å². The van der Waals surface area contributed by atoms with Gasteiger partial charge in [0, 0.05) is 6.07 Å². The van der Waals surface area contributed by atoms with Gasteiger partial charge in [-0.25, -0.2) is 13.7 Å². The van der Waals surface area contributed by atoms with Gasteiger partial charge in [-0.3, -0.25) is 19.4 Å². The standard InChI is InChI=1S/C21H19F2N5O3/c1-11(2)12-3-6-14(7-4-12)28-20(30)18-19(21(28)31)27(26-25-18)10-17(29)24-16-8-5-13(22)9-15(16)23/h3-9,11,18-19H,10H2,1-2H3,(H,24,29)/t18-,19+/m1/s1. The normalized spacial score (nSPS) is 20.0. The minimum atomic E-state index is -1.05. The van der Waals surface area contributed by atoms with Crippen LogP contribution in [0.25, 0.3) is 0 Å². The number of hydrogen-bond donors (Lipinski definition) is 1. The Morgan fingerprint density at radius 3 is 2.45 bits per heavy atom. The molecule has 160 valence electrons. The number of nitrogens with one attached hydrogen (secondary N) is 1. The lowest BCUT2D eigenvalue weighted by Gasteiger charge is -2.20. The number of carbonyl (C=O) groups excluding carboxylic acids is 3. The van der Waals surface area contributed by atoms with Gasteiger partial charge in [-0.1, -0.05) is 31.2 Å². The summed E-state index contributed by atoms with van der Waals surface area (Å²) in [6.45, 7) is 3.64. The second kappa shape index (κ2) is 7.86. The maximum Gasteiger partial charge on any atom is 0.263 e. The summed E-state index contributed by atoms with van der Waals surface area (Å²) < 4.78 is 26.8. The molecule has 31 heavy (non-hydrogen) atoms. The summed E-state index contributed by atoms with van der Waals surface area (Å²) in [5.74, 6) is -3.17. The average Bonchev–Trinajstić information content (AvgIpc) is 3.24. The third-order valence-electron chi connectivity index (χ3n) is 5.19. The lowest BCUT2D eigenvalue weighted by molar-refractivity contribution is -0.123. The van der Waals surface area contributed by atoms with E-state index in [4.69, 9.17) is 0 Å². The van der Waals surface area contributed by atoms with Gasteiger partial charge in [0.05, 0.1) is 11.4 Å². The van der Waals surface area contributed by atoms with Crippen LogP contribution >= 0.6 is 0 Å². The van der Waals surface area contributed by atoms with Gasteiger partial charge in [-0.2, -0.15) is 5.11 Å². The van der Waals surface area contributed by atoms with E-state index in [2.05, 4.69) is 15.7 Å². The van der Waals surface area contributed by atoms with Crippen molar-refractivity contribution in [2.45, 2.75) is 31.8 Å². The minimum absolute atomic E-state index is 0.209. The van der Waals surface area contributed by atoms with Gasteiger partial charge < -0.3 is 5.32 Å². The average molecular weight is 427 g/mol. The van der Waals surface area contributed by atoms with Gasteiger partial charge >= 0.3 is 0 Å². The first kappa shape index (κ1) is 20.6. The van der Waals surface area contributed by atoms with Gasteiger partial charge in [-0.05, 0) is 35.7 Å². The molecule has 0 bridgehead atoms. The Morgan fingerprint density at radius 2 is 1.81 bits per heavy atom. The molecule has 2 heterocycles. The molecule has 1 fully saturated rings. The SMILES string of the molecule is CC(C)c1ccc(N2C(=O)[C@@H]3[C@@H](N=NN3CC(=O)Nc3ccc(F)cc3F)C2=O)cc1. The van der Waals surface area contributed by atoms with Crippen LogP contribution in [0.4, 0.5) is 20.2 Å². The Morgan fingerprint density at radius 1 is 1.10 bits per heavy atom. The lowest BCUT2D eigenvalue weighted by atomic mass is 10.0. The highest BCUT2D eigenvalue weighted by molar-refractivity contribution is 6.25. The van der Waals surface area contributed by atoms with Crippen molar-refractivity contribution < 1.29 is 23.2 Å². The molecule has 0 radical (unpaired) electrons. The Kier molecular flexibility index (Phi) is 5.22. The maximum absolute atomic E-state index is 13.8. The number of carbonyl (C=O) groups is 3. The predicted octanol–water partition coefficient (Wildman–Crippen LogP) is 3.02. The van der Waals surface area contributed by atoms with Crippen LogP contribution in [0.5, 0.6) is 0 Å². The Balaban J connectivity index is 1.48. The van der Waals surface area contributed by atoms with E-state index in [1.807, 2.05) is 26.0 Å². The number of amides is 3. The van der Waals surface area contributed by atoms with Crippen molar-refractivity contribution in [3.05, 3.63) is 59.7 Å². The van der Waals surface area contributed by atoms with Crippen molar-refractivity contribution in [2.75, 3.05) is 16.8 Å². The molecule has 2 aromatic rings. The van der Waals surface area contributed by atoms with Crippen LogP contribution < -0.4 is 10.2 Å². The van der Waals surface area contributed by atoms with Gasteiger partial charge in [-0.15, -0.1) is 0 Å². The van der Waals surface area contributed by atoms with E-state index in [0.717, 1.165) is 27.6 Å². The number of imide groups is 1. The van der Waals surface area contributed by atoms with Gasteiger partial charge in [0.1, 0.15) is 18.2 Å². The fraction of sp³-hybridized carbons (Fsp3) is 0.286. The molecule has 0 aliphatic carbocycles. The van der Waals surface area contributed by atoms with Crippen LogP contribution in [-0.2, 0) is 14.4 Å². The smallest absolute Gasteiger partial charge is 0.263 e. The van der Waals surface area contributed by atoms with E-state index in [0.29, 0.717) is 17.7 Å². The molecule has 0 unspecified atom stereocenters. The van der Waals surface area contributed by atoms with Crippen LogP contribution in [0.3, 0.4) is 0 Å². The van der Waals surface area contributed by atoms with E-state index >= 15 is 0 Å². The number of rotatable bonds is 5. The van der Waals surface area contributed by atoms with Gasteiger partial charge in [0.25, 0.3) is 11.8 Å². The van der Waals surface area contributed by atoms with Crippen LogP contribution in [0.2, 0.25) is 0 Å². The quantitative estimate of drug-likeness (QED) is 0.743. The van der Waals surface area contributed by atoms with Crippen LogP contribution in [0.15, 0.2) is 52.8 Å². The summed E-state index contributed by atoms with van der Waals surface area (Å²) >= 11 is 0.